The van der Waals surface area contributed by atoms with E-state index >= 15 is 4.39 Å². The molecule has 5 aromatic rings. The fourth-order valence-corrected chi connectivity index (χ4v) is 4.36. The maximum atomic E-state index is 15.1. The smallest absolute Gasteiger partial charge is 0.164 e. The van der Waals surface area contributed by atoms with Gasteiger partial charge in [-0.15, -0.1) is 0 Å². The second-order valence-corrected chi connectivity index (χ2v) is 8.04. The molecule has 0 atom stereocenters. The summed E-state index contributed by atoms with van der Waals surface area (Å²) in [5.41, 5.74) is 1.66. The minimum absolute atomic E-state index is 0.204. The molecule has 156 valence electrons. The Kier molecular flexibility index (Phi) is 5.39. The van der Waals surface area contributed by atoms with Gasteiger partial charge in [0, 0.05) is 16.0 Å². The van der Waals surface area contributed by atoms with Crippen LogP contribution in [0, 0.1) is 5.82 Å². The van der Waals surface area contributed by atoms with Gasteiger partial charge in [-0.05, 0) is 60.7 Å². The van der Waals surface area contributed by atoms with Crippen molar-refractivity contribution in [2.75, 3.05) is 4.90 Å². The molecular formula is C25H17FN4OS. The Morgan fingerprint density at radius 3 is 2.31 bits per heavy atom. The fraction of sp³-hybridized carbons (Fsp3) is 0. The largest absolute Gasteiger partial charge is 0.508 e. The highest BCUT2D eigenvalue weighted by atomic mass is 32.2. The number of phenolic OH excluding ortho intramolecular Hbond substituents is 1. The number of hydrogen-bond acceptors (Lipinski definition) is 6. The number of benzene rings is 3. The molecule has 0 bridgehead atoms. The molecule has 0 fully saturated rings. The first-order chi connectivity index (χ1) is 15.7. The van der Waals surface area contributed by atoms with Crippen LogP contribution in [0.2, 0.25) is 0 Å². The van der Waals surface area contributed by atoms with Crippen molar-refractivity contribution in [1.82, 2.24) is 15.0 Å². The first-order valence-corrected chi connectivity index (χ1v) is 10.7. The van der Waals surface area contributed by atoms with Crippen molar-refractivity contribution >= 4 is 40.0 Å². The topological polar surface area (TPSA) is 62.1 Å². The number of nitrogens with zero attached hydrogens (tertiary/aromatic N) is 4. The van der Waals surface area contributed by atoms with E-state index in [1.54, 1.807) is 41.4 Å². The number of aromatic hydroxyl groups is 1. The van der Waals surface area contributed by atoms with E-state index in [2.05, 4.69) is 15.0 Å². The van der Waals surface area contributed by atoms with Crippen molar-refractivity contribution in [1.29, 1.82) is 0 Å². The number of phenols is 1. The zero-order valence-electron chi connectivity index (χ0n) is 16.8. The molecule has 1 N–H and O–H groups in total. The Morgan fingerprint density at radius 2 is 1.50 bits per heavy atom. The molecule has 0 saturated heterocycles. The van der Waals surface area contributed by atoms with Crippen LogP contribution in [0.25, 0.3) is 11.0 Å². The lowest BCUT2D eigenvalue weighted by Gasteiger charge is -2.27. The summed E-state index contributed by atoms with van der Waals surface area (Å²) in [6, 6.07) is 25.0. The summed E-state index contributed by atoms with van der Waals surface area (Å²) in [6.45, 7) is 0. The van der Waals surface area contributed by atoms with Crippen LogP contribution in [-0.4, -0.2) is 20.1 Å². The van der Waals surface area contributed by atoms with Crippen LogP contribution in [0.5, 0.6) is 5.75 Å². The number of aromatic nitrogens is 3. The molecule has 5 rings (SSSR count). The predicted octanol–water partition coefficient (Wildman–Crippen LogP) is 6.49. The van der Waals surface area contributed by atoms with E-state index in [9.17, 15) is 5.11 Å². The molecule has 7 heteroatoms. The summed E-state index contributed by atoms with van der Waals surface area (Å²) in [5, 5.41) is 10.3. The lowest BCUT2D eigenvalue weighted by Crippen LogP contribution is -2.15. The van der Waals surface area contributed by atoms with E-state index in [0.29, 0.717) is 22.5 Å². The van der Waals surface area contributed by atoms with E-state index < -0.39 is 0 Å². The van der Waals surface area contributed by atoms with Crippen LogP contribution in [0.1, 0.15) is 0 Å². The number of hydrogen-bond donors (Lipinski definition) is 1. The molecule has 0 aliphatic carbocycles. The Labute approximate surface area is 188 Å². The summed E-state index contributed by atoms with van der Waals surface area (Å²) in [4.78, 5) is 16.8. The predicted molar refractivity (Wildman–Crippen MR) is 124 cm³/mol. The number of anilines is 3. The van der Waals surface area contributed by atoms with Gasteiger partial charge in [-0.3, -0.25) is 4.90 Å². The third-order valence-corrected chi connectivity index (χ3v) is 5.94. The van der Waals surface area contributed by atoms with Crippen molar-refractivity contribution in [3.63, 3.8) is 0 Å². The monoisotopic (exact) mass is 440 g/mol. The van der Waals surface area contributed by atoms with Crippen LogP contribution >= 0.6 is 11.8 Å². The number of rotatable bonds is 5. The number of para-hydroxylation sites is 2. The van der Waals surface area contributed by atoms with Gasteiger partial charge in [0.25, 0.3) is 0 Å². The standard InChI is InChI=1S/C25H17FN4OS/c26-20-7-1-2-8-21(20)30(25-19-6-5-15-27-24(19)28-16-29-25)22-9-3-4-10-23(22)32-18-13-11-17(31)12-14-18/h1-16,31H. The highest BCUT2D eigenvalue weighted by Gasteiger charge is 2.22. The average molecular weight is 441 g/mol. The molecule has 0 amide bonds. The number of pyridine rings is 1. The van der Waals surface area contributed by atoms with Gasteiger partial charge in [-0.1, -0.05) is 36.0 Å². The molecule has 5 nitrogen and oxygen atoms in total. The first-order valence-electron chi connectivity index (χ1n) is 9.87. The summed E-state index contributed by atoms with van der Waals surface area (Å²) in [6.07, 6.45) is 3.11. The van der Waals surface area contributed by atoms with Crippen LogP contribution in [0.4, 0.5) is 21.6 Å². The van der Waals surface area contributed by atoms with Crippen molar-refractivity contribution in [3.8, 4) is 5.75 Å². The highest BCUT2D eigenvalue weighted by Crippen LogP contribution is 2.44. The molecular weight excluding hydrogens is 423 g/mol. The van der Waals surface area contributed by atoms with Crippen molar-refractivity contribution in [2.45, 2.75) is 9.79 Å². The fourth-order valence-electron chi connectivity index (χ4n) is 3.42. The second kappa shape index (κ2) is 8.64. The molecule has 0 aliphatic heterocycles. The molecule has 0 spiro atoms. The lowest BCUT2D eigenvalue weighted by molar-refractivity contribution is 0.475. The van der Waals surface area contributed by atoms with Gasteiger partial charge in [0.2, 0.25) is 0 Å². The Morgan fingerprint density at radius 1 is 0.750 bits per heavy atom. The van der Waals surface area contributed by atoms with Gasteiger partial charge < -0.3 is 5.11 Å². The van der Waals surface area contributed by atoms with Crippen LogP contribution in [-0.2, 0) is 0 Å². The zero-order valence-corrected chi connectivity index (χ0v) is 17.6. The van der Waals surface area contributed by atoms with Gasteiger partial charge in [0.1, 0.15) is 17.9 Å². The molecule has 0 aliphatic rings. The number of fused-ring (bicyclic) bond motifs is 1. The molecule has 0 unspecified atom stereocenters. The second-order valence-electron chi connectivity index (χ2n) is 6.92. The zero-order chi connectivity index (χ0) is 21.9. The quantitative estimate of drug-likeness (QED) is 0.337. The van der Waals surface area contributed by atoms with E-state index in [4.69, 9.17) is 0 Å². The third-order valence-electron chi connectivity index (χ3n) is 4.86. The lowest BCUT2D eigenvalue weighted by atomic mass is 10.2. The van der Waals surface area contributed by atoms with Gasteiger partial charge in [0.05, 0.1) is 16.8 Å². The van der Waals surface area contributed by atoms with Crippen LogP contribution in [0.15, 0.2) is 107 Å². The first kappa shape index (κ1) is 20.0. The summed E-state index contributed by atoms with van der Waals surface area (Å²) < 4.78 is 15.1. The Hall–Kier alpha value is -3.97. The van der Waals surface area contributed by atoms with Gasteiger partial charge in [-0.25, -0.2) is 19.3 Å². The molecule has 0 saturated carbocycles. The van der Waals surface area contributed by atoms with Gasteiger partial charge >= 0.3 is 0 Å². The SMILES string of the molecule is Oc1ccc(Sc2ccccc2N(c2ccccc2F)c2ncnc3ncccc23)cc1. The number of halogens is 1. The maximum absolute atomic E-state index is 15.1. The van der Waals surface area contributed by atoms with Crippen LogP contribution < -0.4 is 4.90 Å². The molecule has 3 aromatic carbocycles. The normalized spacial score (nSPS) is 10.9. The summed E-state index contributed by atoms with van der Waals surface area (Å²) in [7, 11) is 0. The Balaban J connectivity index is 1.72. The average Bonchev–Trinajstić information content (AvgIpc) is 2.83. The van der Waals surface area contributed by atoms with E-state index in [1.807, 2.05) is 48.5 Å². The van der Waals surface area contributed by atoms with E-state index in [-0.39, 0.29) is 11.6 Å². The van der Waals surface area contributed by atoms with Crippen LogP contribution in [0.3, 0.4) is 0 Å². The van der Waals surface area contributed by atoms with Crippen molar-refractivity contribution < 1.29 is 9.50 Å². The molecule has 0 radical (unpaired) electrons. The minimum Gasteiger partial charge on any atom is -0.508 e. The van der Waals surface area contributed by atoms with E-state index in [0.717, 1.165) is 15.5 Å². The maximum Gasteiger partial charge on any atom is 0.164 e. The van der Waals surface area contributed by atoms with E-state index in [1.165, 1.54) is 24.2 Å². The van der Waals surface area contributed by atoms with Crippen molar-refractivity contribution in [2.24, 2.45) is 0 Å². The van der Waals surface area contributed by atoms with Gasteiger partial charge in [0.15, 0.2) is 11.5 Å². The summed E-state index contributed by atoms with van der Waals surface area (Å²) >= 11 is 1.52. The summed E-state index contributed by atoms with van der Waals surface area (Å²) in [5.74, 6) is 0.370. The molecule has 32 heavy (non-hydrogen) atoms. The molecule has 2 aromatic heterocycles. The minimum atomic E-state index is -0.368. The van der Waals surface area contributed by atoms with Gasteiger partial charge in [-0.2, -0.15) is 0 Å². The highest BCUT2D eigenvalue weighted by molar-refractivity contribution is 7.99. The molecule has 2 heterocycles. The third kappa shape index (κ3) is 3.86. The Bertz CT molecular complexity index is 1390. The van der Waals surface area contributed by atoms with Crippen molar-refractivity contribution in [3.05, 3.63) is 103 Å².